The van der Waals surface area contributed by atoms with Crippen LogP contribution in [0, 0.1) is 6.92 Å². The van der Waals surface area contributed by atoms with Crippen LogP contribution in [0.2, 0.25) is 0 Å². The molecule has 114 valence electrons. The second-order valence-corrected chi connectivity index (χ2v) is 5.31. The molecule has 0 fully saturated rings. The molecule has 1 heterocycles. The Labute approximate surface area is 127 Å². The van der Waals surface area contributed by atoms with Gasteiger partial charge >= 0.3 is 0 Å². The zero-order valence-electron chi connectivity index (χ0n) is 13.2. The van der Waals surface area contributed by atoms with E-state index < -0.39 is 0 Å². The monoisotopic (exact) mass is 287 g/mol. The van der Waals surface area contributed by atoms with Gasteiger partial charge < -0.3 is 10.1 Å². The lowest BCUT2D eigenvalue weighted by Crippen LogP contribution is -2.33. The molecule has 21 heavy (non-hydrogen) atoms. The summed E-state index contributed by atoms with van der Waals surface area (Å²) in [6.45, 7) is 5.86. The Balaban J connectivity index is 1.85. The molecule has 0 spiro atoms. The fraction of sp³-hybridized carbons (Fsp3) is 0.471. The summed E-state index contributed by atoms with van der Waals surface area (Å²) in [6, 6.07) is 12.5. The molecule has 4 nitrogen and oxygen atoms in total. The van der Waals surface area contributed by atoms with Gasteiger partial charge in [0.25, 0.3) is 0 Å². The topological polar surface area (TPSA) is 39.1 Å². The summed E-state index contributed by atoms with van der Waals surface area (Å²) < 4.78 is 7.76. The number of likely N-dealkylation sites (N-methyl/N-ethyl adjacent to an activating group) is 1. The Morgan fingerprint density at radius 2 is 2.05 bits per heavy atom. The highest BCUT2D eigenvalue weighted by atomic mass is 16.5. The molecule has 0 saturated carbocycles. The molecule has 0 aliphatic heterocycles. The van der Waals surface area contributed by atoms with Crippen LogP contribution in [0.15, 0.2) is 36.4 Å². The Hall–Kier alpha value is -1.81. The molecule has 2 rings (SSSR count). The molecule has 1 unspecified atom stereocenters. The van der Waals surface area contributed by atoms with Crippen LogP contribution in [0.5, 0.6) is 5.75 Å². The van der Waals surface area contributed by atoms with E-state index in [0.717, 1.165) is 37.4 Å². The van der Waals surface area contributed by atoms with E-state index in [1.807, 2.05) is 49.0 Å². The Bertz CT molecular complexity index is 536. The van der Waals surface area contributed by atoms with Gasteiger partial charge in [-0.3, -0.25) is 4.68 Å². The third kappa shape index (κ3) is 4.90. The van der Waals surface area contributed by atoms with E-state index in [2.05, 4.69) is 23.4 Å². The van der Waals surface area contributed by atoms with Crippen molar-refractivity contribution in [2.45, 2.75) is 32.7 Å². The van der Waals surface area contributed by atoms with E-state index in [1.54, 1.807) is 0 Å². The maximum Gasteiger partial charge on any atom is 0.119 e. The zero-order valence-corrected chi connectivity index (χ0v) is 13.2. The minimum atomic E-state index is 0.411. The smallest absolute Gasteiger partial charge is 0.119 e. The quantitative estimate of drug-likeness (QED) is 0.811. The highest BCUT2D eigenvalue weighted by molar-refractivity contribution is 5.20. The van der Waals surface area contributed by atoms with Crippen LogP contribution in [0.3, 0.4) is 0 Å². The number of aryl methyl sites for hydroxylation is 2. The fourth-order valence-electron chi connectivity index (χ4n) is 2.51. The molecular weight excluding hydrogens is 262 g/mol. The zero-order chi connectivity index (χ0) is 15.1. The highest BCUT2D eigenvalue weighted by Gasteiger charge is 2.12. The number of benzene rings is 1. The largest absolute Gasteiger partial charge is 0.494 e. The van der Waals surface area contributed by atoms with E-state index in [-0.39, 0.29) is 0 Å². The molecule has 2 aromatic rings. The molecule has 0 aliphatic carbocycles. The predicted octanol–water partition coefficient (Wildman–Crippen LogP) is 2.72. The second-order valence-electron chi connectivity index (χ2n) is 5.31. The van der Waals surface area contributed by atoms with E-state index in [0.29, 0.717) is 6.04 Å². The number of nitrogens with one attached hydrogen (secondary N) is 1. The third-order valence-electron chi connectivity index (χ3n) is 3.53. The number of nitrogens with zero attached hydrogens (tertiary/aromatic N) is 2. The van der Waals surface area contributed by atoms with Crippen LogP contribution in [-0.2, 0) is 13.5 Å². The molecule has 0 saturated heterocycles. The summed E-state index contributed by atoms with van der Waals surface area (Å²) >= 11 is 0. The summed E-state index contributed by atoms with van der Waals surface area (Å²) in [5.74, 6) is 0.934. The second kappa shape index (κ2) is 7.84. The first-order valence-electron chi connectivity index (χ1n) is 7.59. The lowest BCUT2D eigenvalue weighted by atomic mass is 10.1. The van der Waals surface area contributed by atoms with Gasteiger partial charge in [0, 0.05) is 25.2 Å². The molecule has 1 aromatic carbocycles. The number of para-hydroxylation sites is 1. The maximum atomic E-state index is 5.79. The van der Waals surface area contributed by atoms with Crippen molar-refractivity contribution in [2.75, 3.05) is 13.2 Å². The van der Waals surface area contributed by atoms with Crippen molar-refractivity contribution < 1.29 is 4.74 Å². The van der Waals surface area contributed by atoms with Crippen molar-refractivity contribution in [1.29, 1.82) is 0 Å². The average molecular weight is 287 g/mol. The van der Waals surface area contributed by atoms with Crippen molar-refractivity contribution in [2.24, 2.45) is 7.05 Å². The van der Waals surface area contributed by atoms with Gasteiger partial charge in [0.15, 0.2) is 0 Å². The van der Waals surface area contributed by atoms with E-state index in [1.165, 1.54) is 5.69 Å². The normalized spacial score (nSPS) is 12.3. The van der Waals surface area contributed by atoms with Crippen LogP contribution in [0.25, 0.3) is 0 Å². The van der Waals surface area contributed by atoms with Crippen molar-refractivity contribution in [1.82, 2.24) is 15.1 Å². The first kappa shape index (κ1) is 15.6. The molecule has 0 radical (unpaired) electrons. The van der Waals surface area contributed by atoms with Crippen LogP contribution < -0.4 is 10.1 Å². The molecule has 0 aliphatic rings. The molecule has 1 atom stereocenters. The first-order valence-corrected chi connectivity index (χ1v) is 7.59. The van der Waals surface area contributed by atoms with Gasteiger partial charge in [-0.05, 0) is 38.1 Å². The van der Waals surface area contributed by atoms with E-state index >= 15 is 0 Å². The van der Waals surface area contributed by atoms with Crippen molar-refractivity contribution >= 4 is 0 Å². The summed E-state index contributed by atoms with van der Waals surface area (Å²) in [5.41, 5.74) is 2.33. The summed E-state index contributed by atoms with van der Waals surface area (Å²) in [5, 5.41) is 7.94. The Morgan fingerprint density at radius 3 is 2.67 bits per heavy atom. The summed E-state index contributed by atoms with van der Waals surface area (Å²) in [7, 11) is 2.01. The molecule has 4 heteroatoms. The highest BCUT2D eigenvalue weighted by Crippen LogP contribution is 2.11. The molecular formula is C17H25N3O. The van der Waals surface area contributed by atoms with Crippen LogP contribution in [0.4, 0.5) is 0 Å². The average Bonchev–Trinajstić information content (AvgIpc) is 2.78. The van der Waals surface area contributed by atoms with Gasteiger partial charge in [-0.1, -0.05) is 25.1 Å². The number of aromatic nitrogens is 2. The Morgan fingerprint density at radius 1 is 1.29 bits per heavy atom. The summed E-state index contributed by atoms with van der Waals surface area (Å²) in [4.78, 5) is 0. The number of rotatable bonds is 8. The molecule has 1 N–H and O–H groups in total. The first-order chi connectivity index (χ1) is 10.2. The van der Waals surface area contributed by atoms with Crippen LogP contribution in [-0.4, -0.2) is 29.0 Å². The van der Waals surface area contributed by atoms with E-state index in [9.17, 15) is 0 Å². The maximum absolute atomic E-state index is 5.79. The van der Waals surface area contributed by atoms with E-state index in [4.69, 9.17) is 4.74 Å². The predicted molar refractivity (Wildman–Crippen MR) is 85.7 cm³/mol. The number of ether oxygens (including phenoxy) is 1. The van der Waals surface area contributed by atoms with Crippen molar-refractivity contribution in [3.8, 4) is 5.75 Å². The van der Waals surface area contributed by atoms with Crippen molar-refractivity contribution in [3.05, 3.63) is 47.8 Å². The number of hydrogen-bond donors (Lipinski definition) is 1. The molecule has 1 aromatic heterocycles. The summed E-state index contributed by atoms with van der Waals surface area (Å²) in [6.07, 6.45) is 1.95. The van der Waals surface area contributed by atoms with Gasteiger partial charge in [-0.15, -0.1) is 0 Å². The number of hydrogen-bond acceptors (Lipinski definition) is 3. The standard InChI is InChI=1S/C17H25N3O/c1-4-18-15(13-16-12-14(2)19-20(16)3)10-11-21-17-8-6-5-7-9-17/h5-9,12,15,18H,4,10-11,13H2,1-3H3. The van der Waals surface area contributed by atoms with Gasteiger partial charge in [-0.25, -0.2) is 0 Å². The minimum absolute atomic E-state index is 0.411. The third-order valence-corrected chi connectivity index (χ3v) is 3.53. The van der Waals surface area contributed by atoms with Gasteiger partial charge in [0.2, 0.25) is 0 Å². The van der Waals surface area contributed by atoms with Gasteiger partial charge in [-0.2, -0.15) is 5.10 Å². The van der Waals surface area contributed by atoms with Crippen LogP contribution >= 0.6 is 0 Å². The molecule has 0 bridgehead atoms. The minimum Gasteiger partial charge on any atom is -0.494 e. The molecule has 0 amide bonds. The SMILES string of the molecule is CCNC(CCOc1ccccc1)Cc1cc(C)nn1C. The lowest BCUT2D eigenvalue weighted by molar-refractivity contribution is 0.284. The van der Waals surface area contributed by atoms with Crippen molar-refractivity contribution in [3.63, 3.8) is 0 Å². The Kier molecular flexibility index (Phi) is 5.81. The lowest BCUT2D eigenvalue weighted by Gasteiger charge is -2.18. The van der Waals surface area contributed by atoms with Gasteiger partial charge in [0.1, 0.15) is 5.75 Å². The fourth-order valence-corrected chi connectivity index (χ4v) is 2.51. The van der Waals surface area contributed by atoms with Crippen LogP contribution in [0.1, 0.15) is 24.7 Å². The van der Waals surface area contributed by atoms with Gasteiger partial charge in [0.05, 0.1) is 12.3 Å².